The Balaban J connectivity index is 0. The van der Waals surface area contributed by atoms with Crippen LogP contribution in [0.5, 0.6) is 0 Å². The number of rotatable bonds is 2. The summed E-state index contributed by atoms with van der Waals surface area (Å²) in [5, 5.41) is 3.08. The van der Waals surface area contributed by atoms with Crippen molar-refractivity contribution < 1.29 is 0 Å². The molecule has 1 aromatic carbocycles. The Morgan fingerprint density at radius 2 is 1.54 bits per heavy atom. The number of hydrogen-bond donors (Lipinski definition) is 1. The van der Waals surface area contributed by atoms with Crippen molar-refractivity contribution in [3.8, 4) is 0 Å². The van der Waals surface area contributed by atoms with Crippen molar-refractivity contribution in [1.82, 2.24) is 0 Å². The van der Waals surface area contributed by atoms with Gasteiger partial charge in [0, 0.05) is 12.7 Å². The summed E-state index contributed by atoms with van der Waals surface area (Å²) < 4.78 is 0. The molecule has 13 heavy (non-hydrogen) atoms. The molecular weight excluding hydrogens is 158 g/mol. The highest BCUT2D eigenvalue weighted by Gasteiger charge is 1.87. The second kappa shape index (κ2) is 9.11. The van der Waals surface area contributed by atoms with Gasteiger partial charge in [0.1, 0.15) is 0 Å². The van der Waals surface area contributed by atoms with E-state index in [2.05, 4.69) is 36.5 Å². The summed E-state index contributed by atoms with van der Waals surface area (Å²) in [5.41, 5.74) is 2.57. The fourth-order valence-electron chi connectivity index (χ4n) is 0.907. The van der Waals surface area contributed by atoms with E-state index in [4.69, 9.17) is 0 Å². The molecule has 1 heteroatoms. The van der Waals surface area contributed by atoms with E-state index < -0.39 is 0 Å². The lowest BCUT2D eigenvalue weighted by Gasteiger charge is -1.99. The van der Waals surface area contributed by atoms with Crippen LogP contribution in [0.15, 0.2) is 24.3 Å². The van der Waals surface area contributed by atoms with Crippen molar-refractivity contribution in [2.24, 2.45) is 0 Å². The monoisotopic (exact) mass is 181 g/mol. The van der Waals surface area contributed by atoms with Gasteiger partial charge in [-0.2, -0.15) is 0 Å². The molecule has 0 fully saturated rings. The molecule has 0 aliphatic rings. The molecule has 0 heterocycles. The summed E-state index contributed by atoms with van der Waals surface area (Å²) in [7, 11) is 1.93. The minimum Gasteiger partial charge on any atom is -0.388 e. The minimum absolute atomic E-state index is 0. The third-order valence-corrected chi connectivity index (χ3v) is 1.65. The van der Waals surface area contributed by atoms with Gasteiger partial charge in [0.05, 0.1) is 0 Å². The first-order valence-electron chi connectivity index (χ1n) is 4.63. The van der Waals surface area contributed by atoms with Crippen molar-refractivity contribution in [1.29, 1.82) is 0 Å². The number of aryl methyl sites for hydroxylation is 1. The molecule has 0 aliphatic heterocycles. The van der Waals surface area contributed by atoms with E-state index in [0.29, 0.717) is 0 Å². The molecule has 0 saturated carbocycles. The van der Waals surface area contributed by atoms with Gasteiger partial charge in [-0.05, 0) is 24.1 Å². The average Bonchev–Trinajstić information content (AvgIpc) is 2.21. The van der Waals surface area contributed by atoms with Crippen LogP contribution in [-0.2, 0) is 6.42 Å². The predicted molar refractivity (Wildman–Crippen MR) is 63.4 cm³/mol. The molecule has 0 radical (unpaired) electrons. The Morgan fingerprint density at radius 1 is 1.08 bits per heavy atom. The third kappa shape index (κ3) is 5.29. The van der Waals surface area contributed by atoms with Crippen molar-refractivity contribution in [3.05, 3.63) is 29.8 Å². The lowest BCUT2D eigenvalue weighted by molar-refractivity contribution is 1.14. The van der Waals surface area contributed by atoms with Crippen LogP contribution < -0.4 is 5.32 Å². The van der Waals surface area contributed by atoms with Gasteiger partial charge in [0.15, 0.2) is 0 Å². The SMILES string of the molecule is C.CC.CCc1ccc(NC)cc1. The van der Waals surface area contributed by atoms with Crippen molar-refractivity contribution in [2.75, 3.05) is 12.4 Å². The Kier molecular flexibility index (Phi) is 10.2. The van der Waals surface area contributed by atoms with Crippen LogP contribution >= 0.6 is 0 Å². The van der Waals surface area contributed by atoms with Gasteiger partial charge in [0.25, 0.3) is 0 Å². The van der Waals surface area contributed by atoms with E-state index in [1.54, 1.807) is 0 Å². The normalized spacial score (nSPS) is 7.69. The van der Waals surface area contributed by atoms with E-state index >= 15 is 0 Å². The molecule has 1 N–H and O–H groups in total. The third-order valence-electron chi connectivity index (χ3n) is 1.65. The minimum atomic E-state index is 0. The Morgan fingerprint density at radius 3 is 1.85 bits per heavy atom. The lowest BCUT2D eigenvalue weighted by Crippen LogP contribution is -1.87. The maximum absolute atomic E-state index is 3.08. The van der Waals surface area contributed by atoms with Crippen LogP contribution in [0, 0.1) is 0 Å². The van der Waals surface area contributed by atoms with Crippen molar-refractivity contribution in [3.63, 3.8) is 0 Å². The van der Waals surface area contributed by atoms with E-state index in [9.17, 15) is 0 Å². The smallest absolute Gasteiger partial charge is 0.0337 e. The van der Waals surface area contributed by atoms with Gasteiger partial charge in [0.2, 0.25) is 0 Å². The zero-order valence-corrected chi connectivity index (χ0v) is 8.52. The fourth-order valence-corrected chi connectivity index (χ4v) is 0.907. The lowest BCUT2D eigenvalue weighted by atomic mass is 10.1. The van der Waals surface area contributed by atoms with Gasteiger partial charge in [-0.1, -0.05) is 40.3 Å². The first-order valence-corrected chi connectivity index (χ1v) is 4.63. The molecule has 1 aromatic rings. The molecule has 0 aliphatic carbocycles. The van der Waals surface area contributed by atoms with E-state index in [-0.39, 0.29) is 7.43 Å². The molecule has 1 rings (SSSR count). The van der Waals surface area contributed by atoms with Crippen molar-refractivity contribution in [2.45, 2.75) is 34.6 Å². The average molecular weight is 181 g/mol. The standard InChI is InChI=1S/C9H13N.C2H6.CH4/c1-3-8-4-6-9(10-2)7-5-8;1-2;/h4-7,10H,3H2,1-2H3;1-2H3;1H4. The molecule has 0 bridgehead atoms. The van der Waals surface area contributed by atoms with Gasteiger partial charge >= 0.3 is 0 Å². The number of nitrogens with one attached hydrogen (secondary N) is 1. The highest BCUT2D eigenvalue weighted by molar-refractivity contribution is 5.43. The molecule has 0 atom stereocenters. The Bertz CT molecular complexity index is 166. The molecule has 0 amide bonds. The van der Waals surface area contributed by atoms with Gasteiger partial charge in [-0.3, -0.25) is 0 Å². The summed E-state index contributed by atoms with van der Waals surface area (Å²) in [6.07, 6.45) is 1.12. The second-order valence-electron chi connectivity index (χ2n) is 2.30. The van der Waals surface area contributed by atoms with Gasteiger partial charge in [-0.25, -0.2) is 0 Å². The number of benzene rings is 1. The van der Waals surface area contributed by atoms with Gasteiger partial charge in [-0.15, -0.1) is 0 Å². The molecule has 0 unspecified atom stereocenters. The number of hydrogen-bond acceptors (Lipinski definition) is 1. The Hall–Kier alpha value is -0.980. The zero-order chi connectivity index (χ0) is 9.40. The molecular formula is C12H23N. The van der Waals surface area contributed by atoms with Crippen LogP contribution in [-0.4, -0.2) is 7.05 Å². The highest BCUT2D eigenvalue weighted by Crippen LogP contribution is 2.08. The summed E-state index contributed by atoms with van der Waals surface area (Å²) in [6, 6.07) is 8.48. The molecule has 1 nitrogen and oxygen atoms in total. The second-order valence-corrected chi connectivity index (χ2v) is 2.30. The van der Waals surface area contributed by atoms with Crippen LogP contribution in [0.3, 0.4) is 0 Å². The molecule has 0 spiro atoms. The summed E-state index contributed by atoms with van der Waals surface area (Å²) in [6.45, 7) is 6.16. The van der Waals surface area contributed by atoms with E-state index in [1.807, 2.05) is 20.9 Å². The summed E-state index contributed by atoms with van der Waals surface area (Å²) in [5.74, 6) is 0. The predicted octanol–water partition coefficient (Wildman–Crippen LogP) is 3.95. The van der Waals surface area contributed by atoms with Gasteiger partial charge < -0.3 is 5.32 Å². The van der Waals surface area contributed by atoms with Crippen LogP contribution in [0.25, 0.3) is 0 Å². The molecule has 0 aromatic heterocycles. The fraction of sp³-hybridized carbons (Fsp3) is 0.500. The molecule has 76 valence electrons. The maximum Gasteiger partial charge on any atom is 0.0337 e. The zero-order valence-electron chi connectivity index (χ0n) is 8.52. The topological polar surface area (TPSA) is 12.0 Å². The summed E-state index contributed by atoms with van der Waals surface area (Å²) in [4.78, 5) is 0. The summed E-state index contributed by atoms with van der Waals surface area (Å²) >= 11 is 0. The van der Waals surface area contributed by atoms with Crippen LogP contribution in [0.4, 0.5) is 5.69 Å². The maximum atomic E-state index is 3.08. The first kappa shape index (κ1) is 14.5. The molecule has 0 saturated heterocycles. The van der Waals surface area contributed by atoms with E-state index in [1.165, 1.54) is 11.3 Å². The van der Waals surface area contributed by atoms with Crippen LogP contribution in [0.2, 0.25) is 0 Å². The van der Waals surface area contributed by atoms with Crippen molar-refractivity contribution >= 4 is 5.69 Å². The van der Waals surface area contributed by atoms with E-state index in [0.717, 1.165) is 6.42 Å². The quantitative estimate of drug-likeness (QED) is 0.728. The van der Waals surface area contributed by atoms with Crippen LogP contribution in [0.1, 0.15) is 33.8 Å². The first-order chi connectivity index (χ1) is 5.86. The Labute approximate surface area is 83.2 Å². The number of anilines is 1. The largest absolute Gasteiger partial charge is 0.388 e. The highest BCUT2D eigenvalue weighted by atomic mass is 14.8.